The van der Waals surface area contributed by atoms with Gasteiger partial charge in [-0.05, 0) is 50.6 Å². The van der Waals surface area contributed by atoms with Gasteiger partial charge < -0.3 is 15.0 Å². The van der Waals surface area contributed by atoms with Gasteiger partial charge in [-0.2, -0.15) is 0 Å². The normalized spacial score (nSPS) is 19.8. The van der Waals surface area contributed by atoms with E-state index in [1.807, 2.05) is 24.8 Å². The molecule has 0 aliphatic carbocycles. The van der Waals surface area contributed by atoms with Crippen molar-refractivity contribution in [2.24, 2.45) is 0 Å². The molecule has 2 aromatic carbocycles. The van der Waals surface area contributed by atoms with E-state index in [2.05, 4.69) is 5.32 Å². The number of halogens is 2. The summed E-state index contributed by atoms with van der Waals surface area (Å²) in [6.07, 6.45) is 0.0972. The van der Waals surface area contributed by atoms with Gasteiger partial charge in [-0.15, -0.1) is 0 Å². The number of benzene rings is 2. The first kappa shape index (κ1) is 19.3. The fraction of sp³-hybridized carbons (Fsp3) is 0.381. The largest absolute Gasteiger partial charge is 0.380 e. The van der Waals surface area contributed by atoms with Crippen molar-refractivity contribution >= 4 is 17.2 Å². The van der Waals surface area contributed by atoms with Gasteiger partial charge in [0.05, 0.1) is 23.5 Å². The van der Waals surface area contributed by atoms with Crippen LogP contribution in [0.3, 0.4) is 0 Å². The lowest BCUT2D eigenvalue weighted by Gasteiger charge is -2.37. The second-order valence-electron chi connectivity index (χ2n) is 7.02. The Balaban J connectivity index is 1.74. The highest BCUT2D eigenvalue weighted by Crippen LogP contribution is 2.25. The van der Waals surface area contributed by atoms with E-state index in [0.717, 1.165) is 0 Å². The predicted octanol–water partition coefficient (Wildman–Crippen LogP) is 4.39. The summed E-state index contributed by atoms with van der Waals surface area (Å²) < 4.78 is 34.2. The molecule has 0 aromatic heterocycles. The maximum atomic E-state index is 14.7. The average molecular weight is 374 g/mol. The molecule has 0 amide bonds. The number of carbonyl (C=O) groups excluding carboxylic acids is 1. The van der Waals surface area contributed by atoms with Gasteiger partial charge in [-0.3, -0.25) is 4.79 Å². The molecule has 0 bridgehead atoms. The maximum Gasteiger partial charge on any atom is 0.164 e. The van der Waals surface area contributed by atoms with Crippen LogP contribution in [0.1, 0.15) is 36.7 Å². The Labute approximate surface area is 158 Å². The number of Topliss-reactive ketones (excluding diaryl/α,β-unsaturated/α-hetero) is 1. The first-order valence-electron chi connectivity index (χ1n) is 9.07. The smallest absolute Gasteiger partial charge is 0.164 e. The zero-order valence-corrected chi connectivity index (χ0v) is 15.8. The van der Waals surface area contributed by atoms with Crippen molar-refractivity contribution in [1.82, 2.24) is 0 Å². The third-order valence-corrected chi connectivity index (χ3v) is 4.62. The molecule has 1 fully saturated rings. The third kappa shape index (κ3) is 4.45. The molecule has 144 valence electrons. The third-order valence-electron chi connectivity index (χ3n) is 4.62. The molecule has 2 atom stereocenters. The van der Waals surface area contributed by atoms with Crippen molar-refractivity contribution in [2.75, 3.05) is 23.3 Å². The van der Waals surface area contributed by atoms with Crippen molar-refractivity contribution in [1.29, 1.82) is 0 Å². The highest BCUT2D eigenvalue weighted by atomic mass is 19.1. The molecule has 1 saturated heterocycles. The second-order valence-corrected chi connectivity index (χ2v) is 7.02. The summed E-state index contributed by atoms with van der Waals surface area (Å²) in [5.74, 6) is -1.22. The van der Waals surface area contributed by atoms with E-state index in [1.165, 1.54) is 25.1 Å². The number of morpholine rings is 1. The molecule has 0 unspecified atom stereocenters. The van der Waals surface area contributed by atoms with Crippen LogP contribution >= 0.6 is 0 Å². The Morgan fingerprint density at radius 1 is 1.15 bits per heavy atom. The molecule has 27 heavy (non-hydrogen) atoms. The molecule has 0 spiro atoms. The lowest BCUT2D eigenvalue weighted by atomic mass is 10.1. The highest BCUT2D eigenvalue weighted by Gasteiger charge is 2.24. The summed E-state index contributed by atoms with van der Waals surface area (Å²) in [6.45, 7) is 6.85. The Kier molecular flexibility index (Phi) is 5.75. The van der Waals surface area contributed by atoms with E-state index in [9.17, 15) is 13.6 Å². The first-order chi connectivity index (χ1) is 12.8. The summed E-state index contributed by atoms with van der Waals surface area (Å²) in [5, 5.41) is 3.03. The minimum absolute atomic E-state index is 0.0193. The van der Waals surface area contributed by atoms with Crippen molar-refractivity contribution in [2.45, 2.75) is 39.5 Å². The van der Waals surface area contributed by atoms with E-state index in [-0.39, 0.29) is 35.9 Å². The second kappa shape index (κ2) is 8.05. The SMILES string of the molecule is CC(=O)c1c(F)cccc1NCc1ccc(N2C[C@@H](C)O[C@H](C)C2)c(F)c1. The van der Waals surface area contributed by atoms with Crippen molar-refractivity contribution in [3.63, 3.8) is 0 Å². The summed E-state index contributed by atoms with van der Waals surface area (Å²) >= 11 is 0. The molecule has 6 heteroatoms. The molecule has 1 aliphatic rings. The quantitative estimate of drug-likeness (QED) is 0.788. The van der Waals surface area contributed by atoms with Crippen LogP contribution < -0.4 is 10.2 Å². The number of ether oxygens (including phenoxy) is 1. The van der Waals surface area contributed by atoms with Crippen molar-refractivity contribution < 1.29 is 18.3 Å². The Morgan fingerprint density at radius 3 is 2.48 bits per heavy atom. The molecule has 1 N–H and O–H groups in total. The summed E-state index contributed by atoms with van der Waals surface area (Å²) in [4.78, 5) is 13.7. The van der Waals surface area contributed by atoms with Gasteiger partial charge >= 0.3 is 0 Å². The topological polar surface area (TPSA) is 41.6 Å². The predicted molar refractivity (Wildman–Crippen MR) is 102 cm³/mol. The molecule has 4 nitrogen and oxygen atoms in total. The Morgan fingerprint density at radius 2 is 1.85 bits per heavy atom. The van der Waals surface area contributed by atoms with E-state index in [0.29, 0.717) is 30.0 Å². The summed E-state index contributed by atoms with van der Waals surface area (Å²) in [7, 11) is 0. The molecule has 2 aromatic rings. The van der Waals surface area contributed by atoms with Crippen LogP contribution in [0, 0.1) is 11.6 Å². The zero-order chi connectivity index (χ0) is 19.6. The number of carbonyl (C=O) groups is 1. The number of anilines is 2. The molecule has 1 aliphatic heterocycles. The fourth-order valence-electron chi connectivity index (χ4n) is 3.52. The Hall–Kier alpha value is -2.47. The molecular formula is C21H24F2N2O2. The number of hydrogen-bond acceptors (Lipinski definition) is 4. The van der Waals surface area contributed by atoms with E-state index >= 15 is 0 Å². The van der Waals surface area contributed by atoms with Gasteiger partial charge in [-0.1, -0.05) is 12.1 Å². The van der Waals surface area contributed by atoms with Crippen molar-refractivity contribution in [3.05, 3.63) is 59.2 Å². The highest BCUT2D eigenvalue weighted by molar-refractivity contribution is 5.99. The number of nitrogens with zero attached hydrogens (tertiary/aromatic N) is 1. The van der Waals surface area contributed by atoms with Crippen LogP contribution in [-0.4, -0.2) is 31.1 Å². The standard InChI is InChI=1S/C21H24F2N2O2/c1-13-11-25(12-14(2)27-13)20-8-7-16(9-18(20)23)10-24-19-6-4-5-17(22)21(19)15(3)26/h4-9,13-14,24H,10-12H2,1-3H3/t13-,14-/m1/s1. The molecule has 0 radical (unpaired) electrons. The molecule has 1 heterocycles. The van der Waals surface area contributed by atoms with E-state index in [4.69, 9.17) is 4.74 Å². The lowest BCUT2D eigenvalue weighted by molar-refractivity contribution is -0.00539. The van der Waals surface area contributed by atoms with Gasteiger partial charge in [0, 0.05) is 25.3 Å². The van der Waals surface area contributed by atoms with Crippen LogP contribution in [0.5, 0.6) is 0 Å². The minimum atomic E-state index is -0.565. The van der Waals surface area contributed by atoms with Gasteiger partial charge in [0.15, 0.2) is 5.78 Å². The summed E-state index contributed by atoms with van der Waals surface area (Å²) in [5.41, 5.74) is 1.69. The van der Waals surface area contributed by atoms with Gasteiger partial charge in [0.25, 0.3) is 0 Å². The summed E-state index contributed by atoms with van der Waals surface area (Å²) in [6, 6.07) is 9.49. The monoisotopic (exact) mass is 374 g/mol. The van der Waals surface area contributed by atoms with Crippen LogP contribution in [0.2, 0.25) is 0 Å². The fourth-order valence-corrected chi connectivity index (χ4v) is 3.52. The van der Waals surface area contributed by atoms with Crippen LogP contribution in [0.4, 0.5) is 20.2 Å². The zero-order valence-electron chi connectivity index (χ0n) is 15.8. The molecule has 0 saturated carbocycles. The average Bonchev–Trinajstić information content (AvgIpc) is 2.58. The number of hydrogen-bond donors (Lipinski definition) is 1. The van der Waals surface area contributed by atoms with Gasteiger partial charge in [0.2, 0.25) is 0 Å². The van der Waals surface area contributed by atoms with E-state index in [1.54, 1.807) is 12.1 Å². The van der Waals surface area contributed by atoms with E-state index < -0.39 is 5.82 Å². The number of ketones is 1. The van der Waals surface area contributed by atoms with Crippen LogP contribution in [-0.2, 0) is 11.3 Å². The van der Waals surface area contributed by atoms with Gasteiger partial charge in [0.1, 0.15) is 11.6 Å². The van der Waals surface area contributed by atoms with Gasteiger partial charge in [-0.25, -0.2) is 8.78 Å². The lowest BCUT2D eigenvalue weighted by Crippen LogP contribution is -2.45. The first-order valence-corrected chi connectivity index (χ1v) is 9.07. The van der Waals surface area contributed by atoms with Crippen LogP contribution in [0.25, 0.3) is 0 Å². The molecular weight excluding hydrogens is 350 g/mol. The Bertz CT molecular complexity index is 831. The minimum Gasteiger partial charge on any atom is -0.380 e. The molecule has 3 rings (SSSR count). The number of rotatable bonds is 5. The van der Waals surface area contributed by atoms with Crippen LogP contribution in [0.15, 0.2) is 36.4 Å². The van der Waals surface area contributed by atoms with Crippen molar-refractivity contribution in [3.8, 4) is 0 Å². The number of nitrogens with one attached hydrogen (secondary N) is 1. The maximum absolute atomic E-state index is 14.7.